The first-order valence-electron chi connectivity index (χ1n) is 10.2. The Bertz CT molecular complexity index is 1220. The van der Waals surface area contributed by atoms with Gasteiger partial charge in [-0.1, -0.05) is 30.3 Å². The second-order valence-corrected chi connectivity index (χ2v) is 7.95. The molecule has 1 saturated heterocycles. The molecular weight excluding hydrogens is 407 g/mol. The van der Waals surface area contributed by atoms with E-state index in [1.807, 2.05) is 49.3 Å². The van der Waals surface area contributed by atoms with Crippen LogP contribution in [0.1, 0.15) is 22.7 Å². The Morgan fingerprint density at radius 1 is 0.969 bits per heavy atom. The van der Waals surface area contributed by atoms with Gasteiger partial charge in [0.15, 0.2) is 0 Å². The molecule has 162 valence electrons. The quantitative estimate of drug-likeness (QED) is 0.366. The van der Waals surface area contributed by atoms with Gasteiger partial charge in [-0.3, -0.25) is 14.5 Å². The maximum absolute atomic E-state index is 13.8. The average Bonchev–Trinajstić information content (AvgIpc) is 3.06. The smallest absolute Gasteiger partial charge is 0.300 e. The second kappa shape index (κ2) is 8.30. The normalized spacial score (nSPS) is 17.6. The van der Waals surface area contributed by atoms with Crippen molar-refractivity contribution < 1.29 is 19.1 Å². The summed E-state index contributed by atoms with van der Waals surface area (Å²) >= 11 is 0. The van der Waals surface area contributed by atoms with Gasteiger partial charge in [0.1, 0.15) is 11.6 Å². The minimum Gasteiger partial charge on any atom is -0.507 e. The summed E-state index contributed by atoms with van der Waals surface area (Å²) < 4.78 is 13.8. The maximum atomic E-state index is 13.8. The Morgan fingerprint density at radius 2 is 1.62 bits per heavy atom. The lowest BCUT2D eigenvalue weighted by Crippen LogP contribution is -2.29. The fourth-order valence-corrected chi connectivity index (χ4v) is 3.91. The van der Waals surface area contributed by atoms with Crippen LogP contribution in [0.25, 0.3) is 5.76 Å². The minimum absolute atomic E-state index is 0.0242. The first-order chi connectivity index (χ1) is 15.3. The second-order valence-electron chi connectivity index (χ2n) is 7.95. The van der Waals surface area contributed by atoms with Gasteiger partial charge in [-0.2, -0.15) is 0 Å². The molecule has 1 aliphatic heterocycles. The van der Waals surface area contributed by atoms with E-state index < -0.39 is 23.5 Å². The predicted octanol–water partition coefficient (Wildman–Crippen LogP) is 4.83. The molecule has 1 aliphatic rings. The summed E-state index contributed by atoms with van der Waals surface area (Å²) in [7, 11) is 3.83. The Balaban J connectivity index is 1.90. The number of carbonyl (C=O) groups is 2. The van der Waals surface area contributed by atoms with Crippen molar-refractivity contribution in [2.24, 2.45) is 0 Å². The van der Waals surface area contributed by atoms with Crippen LogP contribution < -0.4 is 9.80 Å². The van der Waals surface area contributed by atoms with Gasteiger partial charge in [0.2, 0.25) is 0 Å². The van der Waals surface area contributed by atoms with Gasteiger partial charge in [0, 0.05) is 31.0 Å². The van der Waals surface area contributed by atoms with Gasteiger partial charge in [-0.15, -0.1) is 0 Å². The standard InChI is InChI=1S/C26H23FN2O3/c1-16-15-18(9-14-21(16)27)24(30)22-23(17-7-5-4-6-8-17)29(26(32)25(22)31)20-12-10-19(11-13-20)28(2)3/h4-15,23,30H,1-3H3/b24-22-. The van der Waals surface area contributed by atoms with E-state index in [4.69, 9.17) is 0 Å². The summed E-state index contributed by atoms with van der Waals surface area (Å²) in [5.41, 5.74) is 2.77. The molecular formula is C26H23FN2O3. The number of Topliss-reactive ketones (excluding diaryl/α,β-unsaturated/α-hetero) is 1. The van der Waals surface area contributed by atoms with E-state index in [0.717, 1.165) is 5.69 Å². The van der Waals surface area contributed by atoms with Gasteiger partial charge in [0.25, 0.3) is 11.7 Å². The third-order valence-corrected chi connectivity index (χ3v) is 5.64. The minimum atomic E-state index is -0.813. The molecule has 5 nitrogen and oxygen atoms in total. The Kier molecular flexibility index (Phi) is 5.53. The summed E-state index contributed by atoms with van der Waals surface area (Å²) in [6.07, 6.45) is 0. The van der Waals surface area contributed by atoms with Crippen LogP contribution in [0.5, 0.6) is 0 Å². The number of ketones is 1. The third kappa shape index (κ3) is 3.64. The number of nitrogens with zero attached hydrogens (tertiary/aromatic N) is 2. The molecule has 3 aromatic rings. The van der Waals surface area contributed by atoms with Crippen molar-refractivity contribution in [3.05, 3.63) is 101 Å². The molecule has 0 aliphatic carbocycles. The number of anilines is 2. The van der Waals surface area contributed by atoms with Gasteiger partial charge in [0.05, 0.1) is 11.6 Å². The third-order valence-electron chi connectivity index (χ3n) is 5.64. The predicted molar refractivity (Wildman–Crippen MR) is 123 cm³/mol. The number of aliphatic hydroxyl groups excluding tert-OH is 1. The van der Waals surface area contributed by atoms with Crippen LogP contribution in [0.2, 0.25) is 0 Å². The molecule has 4 rings (SSSR count). The van der Waals surface area contributed by atoms with E-state index in [1.54, 1.807) is 31.2 Å². The number of aliphatic hydroxyl groups is 1. The fraction of sp³-hybridized carbons (Fsp3) is 0.154. The van der Waals surface area contributed by atoms with Crippen molar-refractivity contribution in [1.29, 1.82) is 0 Å². The molecule has 3 aromatic carbocycles. The topological polar surface area (TPSA) is 60.9 Å². The molecule has 1 N–H and O–H groups in total. The zero-order chi connectivity index (χ0) is 23.0. The van der Waals surface area contributed by atoms with Crippen molar-refractivity contribution in [3.8, 4) is 0 Å². The number of aryl methyl sites for hydroxylation is 1. The van der Waals surface area contributed by atoms with Crippen molar-refractivity contribution in [2.45, 2.75) is 13.0 Å². The number of hydrogen-bond acceptors (Lipinski definition) is 4. The Morgan fingerprint density at radius 3 is 2.22 bits per heavy atom. The molecule has 1 atom stereocenters. The van der Waals surface area contributed by atoms with E-state index in [-0.39, 0.29) is 16.9 Å². The number of carbonyl (C=O) groups excluding carboxylic acids is 2. The number of amides is 1. The Labute approximate surface area is 186 Å². The van der Waals surface area contributed by atoms with Gasteiger partial charge in [-0.05, 0) is 60.5 Å². The van der Waals surface area contributed by atoms with Gasteiger partial charge in [-0.25, -0.2) is 4.39 Å². The fourth-order valence-electron chi connectivity index (χ4n) is 3.91. The van der Waals surface area contributed by atoms with Crippen molar-refractivity contribution in [1.82, 2.24) is 0 Å². The molecule has 32 heavy (non-hydrogen) atoms. The van der Waals surface area contributed by atoms with Crippen LogP contribution in [0.15, 0.2) is 78.4 Å². The molecule has 1 fully saturated rings. The van der Waals surface area contributed by atoms with Crippen LogP contribution in [0, 0.1) is 12.7 Å². The molecule has 0 bridgehead atoms. The number of rotatable bonds is 4. The van der Waals surface area contributed by atoms with E-state index in [0.29, 0.717) is 16.8 Å². The first-order valence-corrected chi connectivity index (χ1v) is 10.2. The van der Waals surface area contributed by atoms with Crippen LogP contribution in [0.4, 0.5) is 15.8 Å². The van der Waals surface area contributed by atoms with Crippen LogP contribution in [0.3, 0.4) is 0 Å². The lowest BCUT2D eigenvalue weighted by atomic mass is 9.94. The van der Waals surface area contributed by atoms with Crippen molar-refractivity contribution >= 4 is 28.8 Å². The summed E-state index contributed by atoms with van der Waals surface area (Å²) in [4.78, 5) is 29.6. The molecule has 1 heterocycles. The lowest BCUT2D eigenvalue weighted by molar-refractivity contribution is -0.132. The monoisotopic (exact) mass is 430 g/mol. The highest BCUT2D eigenvalue weighted by Crippen LogP contribution is 2.42. The summed E-state index contributed by atoms with van der Waals surface area (Å²) in [6, 6.07) is 19.6. The Hall–Kier alpha value is -3.93. The molecule has 1 unspecified atom stereocenters. The molecule has 0 spiro atoms. The number of halogens is 1. The highest BCUT2D eigenvalue weighted by atomic mass is 19.1. The highest BCUT2D eigenvalue weighted by Gasteiger charge is 2.46. The van der Waals surface area contributed by atoms with E-state index >= 15 is 0 Å². The van der Waals surface area contributed by atoms with Crippen LogP contribution in [-0.4, -0.2) is 30.9 Å². The van der Waals surface area contributed by atoms with Crippen LogP contribution >= 0.6 is 0 Å². The average molecular weight is 430 g/mol. The SMILES string of the molecule is Cc1cc(/C(O)=C2/C(=O)C(=O)N(c3ccc(N(C)C)cc3)C2c2ccccc2)ccc1F. The summed E-state index contributed by atoms with van der Waals surface area (Å²) in [5.74, 6) is -2.25. The summed E-state index contributed by atoms with van der Waals surface area (Å²) in [5, 5.41) is 11.1. The van der Waals surface area contributed by atoms with Gasteiger partial charge >= 0.3 is 0 Å². The zero-order valence-corrected chi connectivity index (χ0v) is 18.0. The molecule has 6 heteroatoms. The molecule has 0 saturated carbocycles. The molecule has 0 radical (unpaired) electrons. The van der Waals surface area contributed by atoms with Crippen molar-refractivity contribution in [3.63, 3.8) is 0 Å². The molecule has 1 amide bonds. The maximum Gasteiger partial charge on any atom is 0.300 e. The highest BCUT2D eigenvalue weighted by molar-refractivity contribution is 6.51. The van der Waals surface area contributed by atoms with Gasteiger partial charge < -0.3 is 10.0 Å². The van der Waals surface area contributed by atoms with Crippen LogP contribution in [-0.2, 0) is 9.59 Å². The first kappa shape index (κ1) is 21.3. The van der Waals surface area contributed by atoms with Crippen molar-refractivity contribution in [2.75, 3.05) is 23.9 Å². The summed E-state index contributed by atoms with van der Waals surface area (Å²) in [6.45, 7) is 1.58. The number of benzene rings is 3. The van der Waals surface area contributed by atoms with E-state index in [1.165, 1.54) is 23.1 Å². The van der Waals surface area contributed by atoms with E-state index in [9.17, 15) is 19.1 Å². The lowest BCUT2D eigenvalue weighted by Gasteiger charge is -2.26. The number of hydrogen-bond donors (Lipinski definition) is 1. The zero-order valence-electron chi connectivity index (χ0n) is 18.0. The van der Waals surface area contributed by atoms with E-state index in [2.05, 4.69) is 0 Å². The largest absolute Gasteiger partial charge is 0.507 e. The molecule has 0 aromatic heterocycles.